The zero-order valence-corrected chi connectivity index (χ0v) is 11.7. The molecule has 8 heteroatoms. The molecule has 0 spiro atoms. The molecule has 1 aliphatic rings. The molecule has 0 unspecified atom stereocenters. The number of halogens is 1. The van der Waals surface area contributed by atoms with Crippen LogP contribution in [0.2, 0.25) is 0 Å². The molecule has 3 N–H and O–H groups in total. The van der Waals surface area contributed by atoms with Gasteiger partial charge >= 0.3 is 5.97 Å². The summed E-state index contributed by atoms with van der Waals surface area (Å²) in [5, 5.41) is 8.03. The third-order valence-electron chi connectivity index (χ3n) is 2.98. The molecule has 1 saturated heterocycles. The molecule has 0 saturated carbocycles. The number of rotatable bonds is 5. The van der Waals surface area contributed by atoms with Crippen molar-refractivity contribution in [2.75, 3.05) is 10.7 Å². The number of nitrogens with two attached hydrogens (primary N) is 1. The third-order valence-corrected chi connectivity index (χ3v) is 4.31. The van der Waals surface area contributed by atoms with Gasteiger partial charge in [-0.05, 0) is 24.3 Å². The first-order valence-corrected chi connectivity index (χ1v) is 7.17. The number of carbonyl (C=O) groups is 3. The summed E-state index contributed by atoms with van der Waals surface area (Å²) in [6, 6.07) is 3.94. The number of aliphatic carboxylic acids is 1. The van der Waals surface area contributed by atoms with Gasteiger partial charge in [-0.25, -0.2) is 9.29 Å². The summed E-state index contributed by atoms with van der Waals surface area (Å²) in [7, 11) is 0. The van der Waals surface area contributed by atoms with Crippen LogP contribution in [-0.2, 0) is 14.4 Å². The number of carboxylic acid groups (broad SMARTS) is 1. The molecule has 0 aromatic heterocycles. The number of benzene rings is 1. The molecule has 0 radical (unpaired) electrons. The Morgan fingerprint density at radius 3 is 2.62 bits per heavy atom. The van der Waals surface area contributed by atoms with Gasteiger partial charge < -0.3 is 10.8 Å². The normalized spacial score (nSPS) is 19.9. The standard InChI is InChI=1S/C13H13FN2O4S/c14-7-1-3-8(4-2-7)16-11(17)5-10(12(16)18)21-6-9(15)13(19)20/h1-4,9-10H,5-6,15H2,(H,19,20)/t9-,10-/m1/s1. The lowest BCUT2D eigenvalue weighted by Crippen LogP contribution is -2.35. The maximum Gasteiger partial charge on any atom is 0.321 e. The van der Waals surface area contributed by atoms with Crippen molar-refractivity contribution in [3.63, 3.8) is 0 Å². The Balaban J connectivity index is 2.06. The summed E-state index contributed by atoms with van der Waals surface area (Å²) in [4.78, 5) is 35.7. The minimum Gasteiger partial charge on any atom is -0.480 e. The fourth-order valence-electron chi connectivity index (χ4n) is 1.89. The van der Waals surface area contributed by atoms with Crippen LogP contribution in [0, 0.1) is 5.82 Å². The topological polar surface area (TPSA) is 101 Å². The van der Waals surface area contributed by atoms with Gasteiger partial charge in [-0.1, -0.05) is 0 Å². The first-order chi connectivity index (χ1) is 9.90. The van der Waals surface area contributed by atoms with E-state index in [1.807, 2.05) is 0 Å². The van der Waals surface area contributed by atoms with Gasteiger partial charge in [0.05, 0.1) is 10.9 Å². The summed E-state index contributed by atoms with van der Waals surface area (Å²) in [6.07, 6.45) is -0.0206. The molecular formula is C13H13FN2O4S. The average Bonchev–Trinajstić information content (AvgIpc) is 2.72. The van der Waals surface area contributed by atoms with Crippen LogP contribution in [0.5, 0.6) is 0 Å². The Hall–Kier alpha value is -1.93. The molecule has 6 nitrogen and oxygen atoms in total. The van der Waals surface area contributed by atoms with Crippen LogP contribution >= 0.6 is 11.8 Å². The van der Waals surface area contributed by atoms with E-state index < -0.39 is 34.9 Å². The molecule has 2 rings (SSSR count). The smallest absolute Gasteiger partial charge is 0.321 e. The molecule has 2 amide bonds. The SMILES string of the molecule is N[C@H](CS[C@@H]1CC(=O)N(c2ccc(F)cc2)C1=O)C(=O)O. The highest BCUT2D eigenvalue weighted by Gasteiger charge is 2.40. The van der Waals surface area contributed by atoms with Gasteiger partial charge in [0.25, 0.3) is 0 Å². The number of anilines is 1. The lowest BCUT2D eigenvalue weighted by molar-refractivity contribution is -0.138. The van der Waals surface area contributed by atoms with E-state index in [4.69, 9.17) is 10.8 Å². The highest BCUT2D eigenvalue weighted by molar-refractivity contribution is 8.00. The number of thioether (sulfide) groups is 1. The molecular weight excluding hydrogens is 299 g/mol. The van der Waals surface area contributed by atoms with E-state index in [-0.39, 0.29) is 12.2 Å². The van der Waals surface area contributed by atoms with Crippen LogP contribution in [0.1, 0.15) is 6.42 Å². The van der Waals surface area contributed by atoms with E-state index in [1.165, 1.54) is 12.1 Å². The monoisotopic (exact) mass is 312 g/mol. The fourth-order valence-corrected chi connectivity index (χ4v) is 2.98. The van der Waals surface area contributed by atoms with Crippen molar-refractivity contribution in [3.8, 4) is 0 Å². The van der Waals surface area contributed by atoms with Crippen molar-refractivity contribution < 1.29 is 23.9 Å². The van der Waals surface area contributed by atoms with Crippen LogP contribution in [0.15, 0.2) is 24.3 Å². The van der Waals surface area contributed by atoms with Crippen molar-refractivity contribution in [1.29, 1.82) is 0 Å². The second-order valence-electron chi connectivity index (χ2n) is 4.51. The fraction of sp³-hybridized carbons (Fsp3) is 0.308. The summed E-state index contributed by atoms with van der Waals surface area (Å²) in [6.45, 7) is 0. The second-order valence-corrected chi connectivity index (χ2v) is 5.75. The molecule has 21 heavy (non-hydrogen) atoms. The van der Waals surface area contributed by atoms with Crippen molar-refractivity contribution >= 4 is 35.2 Å². The van der Waals surface area contributed by atoms with Crippen molar-refractivity contribution in [2.45, 2.75) is 17.7 Å². The van der Waals surface area contributed by atoms with E-state index in [0.29, 0.717) is 5.69 Å². The van der Waals surface area contributed by atoms with Gasteiger partial charge in [-0.2, -0.15) is 0 Å². The van der Waals surface area contributed by atoms with Crippen molar-refractivity contribution in [1.82, 2.24) is 0 Å². The number of hydrogen-bond donors (Lipinski definition) is 2. The van der Waals surface area contributed by atoms with E-state index in [0.717, 1.165) is 28.8 Å². The average molecular weight is 312 g/mol. The van der Waals surface area contributed by atoms with Crippen LogP contribution in [0.3, 0.4) is 0 Å². The van der Waals surface area contributed by atoms with Gasteiger partial charge in [-0.3, -0.25) is 14.4 Å². The zero-order chi connectivity index (χ0) is 15.6. The lowest BCUT2D eigenvalue weighted by Gasteiger charge is -2.15. The highest BCUT2D eigenvalue weighted by atomic mass is 32.2. The first-order valence-electron chi connectivity index (χ1n) is 6.12. The summed E-state index contributed by atoms with van der Waals surface area (Å²) in [5.74, 6) is -2.41. The summed E-state index contributed by atoms with van der Waals surface area (Å²) >= 11 is 1.04. The molecule has 2 atom stereocenters. The minimum absolute atomic E-state index is 0.0206. The van der Waals surface area contributed by atoms with Gasteiger partial charge in [0, 0.05) is 12.2 Å². The maximum atomic E-state index is 12.9. The molecule has 1 aromatic carbocycles. The van der Waals surface area contributed by atoms with E-state index in [2.05, 4.69) is 0 Å². The lowest BCUT2D eigenvalue weighted by atomic mass is 10.3. The molecule has 0 bridgehead atoms. The molecule has 112 valence electrons. The van der Waals surface area contributed by atoms with Gasteiger partial charge in [0.2, 0.25) is 11.8 Å². The van der Waals surface area contributed by atoms with Crippen LogP contribution in [-0.4, -0.2) is 39.9 Å². The quantitative estimate of drug-likeness (QED) is 0.772. The zero-order valence-electron chi connectivity index (χ0n) is 10.9. The molecule has 1 heterocycles. The van der Waals surface area contributed by atoms with Crippen molar-refractivity contribution in [3.05, 3.63) is 30.1 Å². The molecule has 1 aliphatic heterocycles. The maximum absolute atomic E-state index is 12.9. The minimum atomic E-state index is -1.16. The number of nitrogens with zero attached hydrogens (tertiary/aromatic N) is 1. The van der Waals surface area contributed by atoms with Gasteiger partial charge in [0.1, 0.15) is 11.9 Å². The van der Waals surface area contributed by atoms with Gasteiger partial charge in [-0.15, -0.1) is 11.8 Å². The highest BCUT2D eigenvalue weighted by Crippen LogP contribution is 2.29. The predicted octanol–water partition coefficient (Wildman–Crippen LogP) is 0.603. The molecule has 0 aliphatic carbocycles. The van der Waals surface area contributed by atoms with E-state index >= 15 is 0 Å². The first kappa shape index (κ1) is 15.5. The van der Waals surface area contributed by atoms with Crippen molar-refractivity contribution in [2.24, 2.45) is 5.73 Å². The number of carbonyl (C=O) groups excluding carboxylic acids is 2. The van der Waals surface area contributed by atoms with Crippen LogP contribution in [0.4, 0.5) is 10.1 Å². The van der Waals surface area contributed by atoms with E-state index in [9.17, 15) is 18.8 Å². The second kappa shape index (κ2) is 6.23. The Labute approximate surface area is 124 Å². The predicted molar refractivity (Wildman–Crippen MR) is 75.4 cm³/mol. The summed E-state index contributed by atoms with van der Waals surface area (Å²) in [5.41, 5.74) is 5.67. The van der Waals surface area contributed by atoms with Crippen LogP contribution < -0.4 is 10.6 Å². The Bertz CT molecular complexity index is 578. The summed E-state index contributed by atoms with van der Waals surface area (Å²) < 4.78 is 12.9. The molecule has 1 fully saturated rings. The number of hydrogen-bond acceptors (Lipinski definition) is 5. The largest absolute Gasteiger partial charge is 0.480 e. The Morgan fingerprint density at radius 1 is 1.43 bits per heavy atom. The number of imide groups is 1. The van der Waals surface area contributed by atoms with E-state index in [1.54, 1.807) is 0 Å². The Kier molecular flexibility index (Phi) is 4.59. The number of amides is 2. The third kappa shape index (κ3) is 3.40. The van der Waals surface area contributed by atoms with Crippen LogP contribution in [0.25, 0.3) is 0 Å². The Morgan fingerprint density at radius 2 is 2.05 bits per heavy atom. The van der Waals surface area contributed by atoms with Gasteiger partial charge in [0.15, 0.2) is 0 Å². The number of carboxylic acids is 1. The molecule has 1 aromatic rings.